The van der Waals surface area contributed by atoms with E-state index in [4.69, 9.17) is 4.74 Å². The van der Waals surface area contributed by atoms with E-state index in [0.717, 1.165) is 35.3 Å². The van der Waals surface area contributed by atoms with Crippen molar-refractivity contribution in [3.05, 3.63) is 46.2 Å². The number of nitrogens with zero attached hydrogens (tertiary/aromatic N) is 2. The third-order valence-corrected chi connectivity index (χ3v) is 3.96. The fraction of sp³-hybridized carbons (Fsp3) is 0.438. The summed E-state index contributed by atoms with van der Waals surface area (Å²) in [6, 6.07) is 8.60. The zero-order valence-electron chi connectivity index (χ0n) is 12.8. The van der Waals surface area contributed by atoms with Gasteiger partial charge in [-0.1, -0.05) is 35.0 Å². The van der Waals surface area contributed by atoms with Crippen molar-refractivity contribution in [1.82, 2.24) is 15.1 Å². The summed E-state index contributed by atoms with van der Waals surface area (Å²) in [5.41, 5.74) is 2.37. The molecule has 0 aliphatic carbocycles. The van der Waals surface area contributed by atoms with Crippen LogP contribution in [0, 0.1) is 0 Å². The quantitative estimate of drug-likeness (QED) is 0.829. The van der Waals surface area contributed by atoms with Crippen LogP contribution in [0.1, 0.15) is 30.6 Å². The third kappa shape index (κ3) is 4.08. The Bertz CT molecular complexity index is 583. The molecule has 21 heavy (non-hydrogen) atoms. The molecular formula is C16H22BrN3O. The summed E-state index contributed by atoms with van der Waals surface area (Å²) in [7, 11) is 3.65. The molecule has 0 saturated heterocycles. The smallest absolute Gasteiger partial charge is 0.161 e. The number of hydrogen-bond donors (Lipinski definition) is 1. The second-order valence-electron chi connectivity index (χ2n) is 5.06. The summed E-state index contributed by atoms with van der Waals surface area (Å²) in [6.07, 6.45) is 3.77. The fourth-order valence-electron chi connectivity index (χ4n) is 2.47. The molecule has 0 aliphatic rings. The van der Waals surface area contributed by atoms with Gasteiger partial charge in [-0.15, -0.1) is 0 Å². The van der Waals surface area contributed by atoms with Gasteiger partial charge in [0, 0.05) is 11.5 Å². The van der Waals surface area contributed by atoms with Gasteiger partial charge in [-0.05, 0) is 37.1 Å². The number of halogens is 1. The lowest BCUT2D eigenvalue weighted by Crippen LogP contribution is -2.26. The highest BCUT2D eigenvalue weighted by Crippen LogP contribution is 2.27. The summed E-state index contributed by atoms with van der Waals surface area (Å²) in [5.74, 6) is 0.834. The average Bonchev–Trinajstić information content (AvgIpc) is 2.84. The lowest BCUT2D eigenvalue weighted by atomic mass is 10.0. The van der Waals surface area contributed by atoms with Crippen LogP contribution in [0.5, 0.6) is 5.75 Å². The largest absolute Gasteiger partial charge is 0.493 e. The molecule has 4 nitrogen and oxygen atoms in total. The summed E-state index contributed by atoms with van der Waals surface area (Å²) in [4.78, 5) is 0. The Morgan fingerprint density at radius 2 is 2.24 bits per heavy atom. The molecule has 0 fully saturated rings. The van der Waals surface area contributed by atoms with Crippen molar-refractivity contribution < 1.29 is 4.74 Å². The maximum atomic E-state index is 5.46. The van der Waals surface area contributed by atoms with Gasteiger partial charge in [-0.25, -0.2) is 0 Å². The Kier molecular flexibility index (Phi) is 5.82. The van der Waals surface area contributed by atoms with Crippen molar-refractivity contribution >= 4 is 15.9 Å². The number of nitrogens with one attached hydrogen (secondary N) is 1. The van der Waals surface area contributed by atoms with Crippen LogP contribution in [-0.4, -0.2) is 23.4 Å². The SMILES string of the molecule is CCCNC(Cc1cccc(Br)c1)c1c(OC)cnn1C. The predicted molar refractivity (Wildman–Crippen MR) is 88.6 cm³/mol. The topological polar surface area (TPSA) is 39.1 Å². The first-order valence-corrected chi connectivity index (χ1v) is 7.98. The Morgan fingerprint density at radius 3 is 2.90 bits per heavy atom. The Hall–Kier alpha value is -1.33. The fourth-order valence-corrected chi connectivity index (χ4v) is 2.91. The molecule has 2 rings (SSSR count). The molecule has 1 heterocycles. The highest BCUT2D eigenvalue weighted by molar-refractivity contribution is 9.10. The van der Waals surface area contributed by atoms with Gasteiger partial charge in [0.15, 0.2) is 5.75 Å². The number of aryl methyl sites for hydroxylation is 1. The first kappa shape index (κ1) is 16.0. The van der Waals surface area contributed by atoms with Crippen LogP contribution < -0.4 is 10.1 Å². The van der Waals surface area contributed by atoms with Crippen molar-refractivity contribution in [2.75, 3.05) is 13.7 Å². The normalized spacial score (nSPS) is 12.4. The van der Waals surface area contributed by atoms with Crippen molar-refractivity contribution in [3.8, 4) is 5.75 Å². The van der Waals surface area contributed by atoms with Crippen molar-refractivity contribution in [1.29, 1.82) is 0 Å². The van der Waals surface area contributed by atoms with Crippen LogP contribution in [0.15, 0.2) is 34.9 Å². The Labute approximate surface area is 134 Å². The minimum Gasteiger partial charge on any atom is -0.493 e. The minimum atomic E-state index is 0.182. The van der Waals surface area contributed by atoms with Crippen molar-refractivity contribution in [3.63, 3.8) is 0 Å². The van der Waals surface area contributed by atoms with E-state index < -0.39 is 0 Å². The first-order chi connectivity index (χ1) is 10.2. The maximum absolute atomic E-state index is 5.46. The zero-order valence-corrected chi connectivity index (χ0v) is 14.4. The molecule has 0 spiro atoms. The second kappa shape index (κ2) is 7.61. The molecule has 1 aromatic carbocycles. The van der Waals surface area contributed by atoms with Crippen LogP contribution >= 0.6 is 15.9 Å². The lowest BCUT2D eigenvalue weighted by Gasteiger charge is -2.20. The maximum Gasteiger partial charge on any atom is 0.161 e. The molecule has 2 aromatic rings. The molecule has 1 aromatic heterocycles. The standard InChI is InChI=1S/C16H22BrN3O/c1-4-8-18-14(10-12-6-5-7-13(17)9-12)16-15(21-3)11-19-20(16)2/h5-7,9,11,14,18H,4,8,10H2,1-3H3. The molecule has 0 radical (unpaired) electrons. The number of rotatable bonds is 7. The van der Waals surface area contributed by atoms with Gasteiger partial charge in [0.05, 0.1) is 25.0 Å². The highest BCUT2D eigenvalue weighted by atomic mass is 79.9. The predicted octanol–water partition coefficient (Wildman–Crippen LogP) is 3.47. The van der Waals surface area contributed by atoms with E-state index in [0.29, 0.717) is 0 Å². The molecule has 0 amide bonds. The zero-order chi connectivity index (χ0) is 15.2. The van der Waals surface area contributed by atoms with Crippen molar-refractivity contribution in [2.24, 2.45) is 7.05 Å². The average molecular weight is 352 g/mol. The van der Waals surface area contributed by atoms with Gasteiger partial charge in [-0.3, -0.25) is 4.68 Å². The monoisotopic (exact) mass is 351 g/mol. The molecule has 1 unspecified atom stereocenters. The summed E-state index contributed by atoms with van der Waals surface area (Å²) in [6.45, 7) is 3.14. The molecule has 114 valence electrons. The molecule has 5 heteroatoms. The second-order valence-corrected chi connectivity index (χ2v) is 5.98. The van der Waals surface area contributed by atoms with Gasteiger partial charge in [0.25, 0.3) is 0 Å². The van der Waals surface area contributed by atoms with Gasteiger partial charge in [0.2, 0.25) is 0 Å². The van der Waals surface area contributed by atoms with E-state index in [1.807, 2.05) is 17.8 Å². The van der Waals surface area contributed by atoms with E-state index in [-0.39, 0.29) is 6.04 Å². The minimum absolute atomic E-state index is 0.182. The molecule has 1 N–H and O–H groups in total. The summed E-state index contributed by atoms with van der Waals surface area (Å²) >= 11 is 3.53. The summed E-state index contributed by atoms with van der Waals surface area (Å²) in [5, 5.41) is 7.92. The van der Waals surface area contributed by atoms with Crippen LogP contribution in [0.2, 0.25) is 0 Å². The van der Waals surface area contributed by atoms with Gasteiger partial charge < -0.3 is 10.1 Å². The molecule has 0 aliphatic heterocycles. The third-order valence-electron chi connectivity index (χ3n) is 3.47. The number of aromatic nitrogens is 2. The first-order valence-electron chi connectivity index (χ1n) is 7.19. The molecule has 0 saturated carbocycles. The van der Waals surface area contributed by atoms with Crippen molar-refractivity contribution in [2.45, 2.75) is 25.8 Å². The molecule has 0 bridgehead atoms. The van der Waals surface area contributed by atoms with Gasteiger partial charge in [0.1, 0.15) is 0 Å². The lowest BCUT2D eigenvalue weighted by molar-refractivity contribution is 0.392. The number of hydrogen-bond acceptors (Lipinski definition) is 3. The number of ether oxygens (including phenoxy) is 1. The van der Waals surface area contributed by atoms with Crippen LogP contribution in [0.3, 0.4) is 0 Å². The van der Waals surface area contributed by atoms with E-state index >= 15 is 0 Å². The summed E-state index contributed by atoms with van der Waals surface area (Å²) < 4.78 is 8.45. The van der Waals surface area contributed by atoms with E-state index in [9.17, 15) is 0 Å². The van der Waals surface area contributed by atoms with Crippen LogP contribution in [-0.2, 0) is 13.5 Å². The molecular weight excluding hydrogens is 330 g/mol. The number of benzene rings is 1. The van der Waals surface area contributed by atoms with E-state index in [2.05, 4.69) is 51.5 Å². The van der Waals surface area contributed by atoms with E-state index in [1.54, 1.807) is 13.3 Å². The molecule has 1 atom stereocenters. The van der Waals surface area contributed by atoms with Gasteiger partial charge in [-0.2, -0.15) is 5.10 Å². The number of methoxy groups -OCH3 is 1. The van der Waals surface area contributed by atoms with Crippen LogP contribution in [0.25, 0.3) is 0 Å². The highest BCUT2D eigenvalue weighted by Gasteiger charge is 2.20. The Morgan fingerprint density at radius 1 is 1.43 bits per heavy atom. The Balaban J connectivity index is 2.27. The van der Waals surface area contributed by atoms with Gasteiger partial charge >= 0.3 is 0 Å². The van der Waals surface area contributed by atoms with E-state index in [1.165, 1.54) is 5.56 Å². The van der Waals surface area contributed by atoms with Crippen LogP contribution in [0.4, 0.5) is 0 Å².